The van der Waals surface area contributed by atoms with Crippen molar-refractivity contribution in [3.05, 3.63) is 12.2 Å². The first-order chi connectivity index (χ1) is 20.3. The maximum Gasteiger partial charge on any atom is 0.409 e. The van der Waals surface area contributed by atoms with Crippen molar-refractivity contribution in [1.82, 2.24) is 35.1 Å². The van der Waals surface area contributed by atoms with E-state index in [2.05, 4.69) is 25.6 Å². The number of aliphatic hydroxyl groups is 2. The van der Waals surface area contributed by atoms with Crippen LogP contribution in [0.1, 0.15) is 57.0 Å². The van der Waals surface area contributed by atoms with Gasteiger partial charge in [0.05, 0.1) is 12.2 Å². The molecule has 0 spiro atoms. The molecule has 0 aromatic carbocycles. The number of piperidine rings is 1. The fourth-order valence-electron chi connectivity index (χ4n) is 5.92. The van der Waals surface area contributed by atoms with Crippen molar-refractivity contribution in [2.45, 2.75) is 81.9 Å². The lowest BCUT2D eigenvalue weighted by atomic mass is 9.91. The summed E-state index contributed by atoms with van der Waals surface area (Å²) in [5.41, 5.74) is 6.89. The van der Waals surface area contributed by atoms with Gasteiger partial charge in [-0.25, -0.2) is 19.7 Å². The van der Waals surface area contributed by atoms with Gasteiger partial charge in [0.1, 0.15) is 30.2 Å². The first-order valence-electron chi connectivity index (χ1n) is 14.8. The minimum absolute atomic E-state index is 0.0547. The minimum atomic E-state index is -1.40. The number of hydrogen-bond donors (Lipinski definition) is 5. The quantitative estimate of drug-likeness (QED) is 0.256. The molecule has 6 N–H and O–H groups in total. The number of fused-ring (bicyclic) bond motifs is 1. The summed E-state index contributed by atoms with van der Waals surface area (Å²) in [7, 11) is 0. The summed E-state index contributed by atoms with van der Waals surface area (Å²) >= 11 is 0. The largest absolute Gasteiger partial charge is 0.449 e. The smallest absolute Gasteiger partial charge is 0.409 e. The van der Waals surface area contributed by atoms with E-state index < -0.39 is 30.4 Å². The van der Waals surface area contributed by atoms with Gasteiger partial charge in [0.2, 0.25) is 5.91 Å². The highest BCUT2D eigenvalue weighted by molar-refractivity contribution is 5.83. The van der Waals surface area contributed by atoms with E-state index in [4.69, 9.17) is 15.2 Å². The van der Waals surface area contributed by atoms with E-state index in [1.165, 1.54) is 10.9 Å². The topological polar surface area (TPSA) is 207 Å². The summed E-state index contributed by atoms with van der Waals surface area (Å²) in [5, 5.41) is 26.8. The lowest BCUT2D eigenvalue weighted by Crippen LogP contribution is -2.43. The molecule has 3 saturated heterocycles. The Hall–Kier alpha value is -3.56. The van der Waals surface area contributed by atoms with Crippen LogP contribution in [0.3, 0.4) is 0 Å². The van der Waals surface area contributed by atoms with Crippen LogP contribution in [0.25, 0.3) is 11.2 Å². The fourth-order valence-corrected chi connectivity index (χ4v) is 5.92. The molecule has 2 unspecified atom stereocenters. The molecule has 2 aromatic rings. The van der Waals surface area contributed by atoms with Crippen molar-refractivity contribution in [2.75, 3.05) is 32.0 Å². The number of aromatic nitrogens is 4. The number of aryl methyl sites for hydroxylation is 1. The minimum Gasteiger partial charge on any atom is -0.449 e. The average molecular weight is 587 g/mol. The van der Waals surface area contributed by atoms with Gasteiger partial charge in [-0.15, -0.1) is 0 Å². The van der Waals surface area contributed by atoms with Gasteiger partial charge in [0, 0.05) is 32.1 Å². The van der Waals surface area contributed by atoms with Crippen molar-refractivity contribution in [2.24, 2.45) is 11.8 Å². The molecule has 2 aromatic heterocycles. The maximum absolute atomic E-state index is 12.5. The average Bonchev–Trinajstić information content (AvgIpc) is 3.40. The first kappa shape index (κ1) is 28.6. The number of amides is 3. The highest BCUT2D eigenvalue weighted by atomic mass is 16.6. The van der Waals surface area contributed by atoms with Gasteiger partial charge >= 0.3 is 6.09 Å². The zero-order valence-corrected chi connectivity index (χ0v) is 23.4. The van der Waals surface area contributed by atoms with E-state index in [1.54, 1.807) is 4.90 Å². The summed E-state index contributed by atoms with van der Waals surface area (Å²) < 4.78 is 12.7. The summed E-state index contributed by atoms with van der Waals surface area (Å²) in [6.07, 6.45) is 2.55. The van der Waals surface area contributed by atoms with Gasteiger partial charge < -0.3 is 41.0 Å². The zero-order chi connectivity index (χ0) is 29.4. The Morgan fingerprint density at radius 2 is 1.93 bits per heavy atom. The van der Waals surface area contributed by atoms with E-state index in [0.29, 0.717) is 55.4 Å². The number of nitrogens with zero attached hydrogens (tertiary/aromatic N) is 5. The Bertz CT molecular complexity index is 1330. The van der Waals surface area contributed by atoms with Crippen LogP contribution < -0.4 is 16.4 Å². The highest BCUT2D eigenvalue weighted by Crippen LogP contribution is 2.33. The maximum atomic E-state index is 12.5. The number of carbonyl (C=O) groups excluding carboxylic acids is 3. The number of nitrogens with one attached hydrogen (secondary N) is 2. The molecular weight excluding hydrogens is 548 g/mol. The van der Waals surface area contributed by atoms with Crippen LogP contribution in [0.2, 0.25) is 0 Å². The molecule has 4 fully saturated rings. The number of ether oxygens (including phenoxy) is 2. The monoisotopic (exact) mass is 586 g/mol. The fraction of sp³-hybridized carbons (Fsp3) is 0.704. The molecule has 15 heteroatoms. The molecule has 228 valence electrons. The van der Waals surface area contributed by atoms with E-state index in [-0.39, 0.29) is 36.4 Å². The number of imidazole rings is 1. The van der Waals surface area contributed by atoms with Crippen LogP contribution in [-0.2, 0) is 25.5 Å². The van der Waals surface area contributed by atoms with Crippen molar-refractivity contribution < 1.29 is 34.1 Å². The van der Waals surface area contributed by atoms with Gasteiger partial charge in [-0.3, -0.25) is 14.2 Å². The molecule has 4 aliphatic rings. The third kappa shape index (κ3) is 5.99. The highest BCUT2D eigenvalue weighted by Gasteiger charge is 2.48. The van der Waals surface area contributed by atoms with E-state index in [9.17, 15) is 24.6 Å². The summed E-state index contributed by atoms with van der Waals surface area (Å²) in [4.78, 5) is 51.6. The lowest BCUT2D eigenvalue weighted by molar-refractivity contribution is -0.137. The van der Waals surface area contributed by atoms with Gasteiger partial charge in [-0.2, -0.15) is 0 Å². The van der Waals surface area contributed by atoms with Crippen LogP contribution in [0.5, 0.6) is 0 Å². The standard InChI is InChI=1S/C27H38N8O7/c28-22-18-23(35(13-30-18)26-20(37)19(36)21(42-26)25(39)31-16-4-5-16)33-17(32-22)3-1-2-14-7-10-34(11-8-14)27(40)41-12-15-6-9-29-24(15)38/h13-16,19-21,26,36-37H,1-12H2,(H,29,38)(H,31,39)(H2,28,32,33)/t15?,19?,20-,21-,26+/m0/s1. The van der Waals surface area contributed by atoms with Gasteiger partial charge in [-0.1, -0.05) is 0 Å². The Labute approximate surface area is 242 Å². The van der Waals surface area contributed by atoms with E-state index >= 15 is 0 Å². The number of aliphatic hydroxyl groups excluding tert-OH is 2. The van der Waals surface area contributed by atoms with Crippen molar-refractivity contribution in [1.29, 1.82) is 0 Å². The van der Waals surface area contributed by atoms with Crippen LogP contribution >= 0.6 is 0 Å². The van der Waals surface area contributed by atoms with Crippen LogP contribution in [0.15, 0.2) is 6.33 Å². The Balaban J connectivity index is 1.01. The molecule has 3 aliphatic heterocycles. The third-order valence-electron chi connectivity index (χ3n) is 8.65. The zero-order valence-electron chi connectivity index (χ0n) is 23.4. The number of anilines is 1. The van der Waals surface area contributed by atoms with Gasteiger partial charge in [0.25, 0.3) is 5.91 Å². The van der Waals surface area contributed by atoms with E-state index in [1.807, 2.05) is 0 Å². The summed E-state index contributed by atoms with van der Waals surface area (Å²) in [6, 6.07) is 0.0926. The number of carbonyl (C=O) groups is 3. The van der Waals surface area contributed by atoms with Crippen molar-refractivity contribution in [3.63, 3.8) is 0 Å². The first-order valence-corrected chi connectivity index (χ1v) is 14.8. The SMILES string of the molecule is Nc1nc(CCCC2CCN(C(=O)OCC3CCNC3=O)CC2)nc2c1ncn2[C@@H]1O[C@H](C(=O)NC2CC2)C(O)[C@@H]1O. The Morgan fingerprint density at radius 1 is 1.14 bits per heavy atom. The molecule has 0 radical (unpaired) electrons. The molecule has 1 saturated carbocycles. The normalized spacial score (nSPS) is 28.3. The van der Waals surface area contributed by atoms with Crippen molar-refractivity contribution >= 4 is 34.9 Å². The molecule has 0 bridgehead atoms. The summed E-state index contributed by atoms with van der Waals surface area (Å²) in [5.74, 6) is 0.413. The molecule has 42 heavy (non-hydrogen) atoms. The number of nitrogen functional groups attached to an aromatic ring is 1. The Kier molecular flexibility index (Phi) is 8.14. The second kappa shape index (κ2) is 12.0. The van der Waals surface area contributed by atoms with Crippen LogP contribution in [0, 0.1) is 11.8 Å². The van der Waals surface area contributed by atoms with Crippen LogP contribution in [0.4, 0.5) is 10.6 Å². The lowest BCUT2D eigenvalue weighted by Gasteiger charge is -2.31. The number of hydrogen-bond acceptors (Lipinski definition) is 11. The number of nitrogens with two attached hydrogens (primary N) is 1. The molecule has 5 heterocycles. The summed E-state index contributed by atoms with van der Waals surface area (Å²) in [6.45, 7) is 1.98. The van der Waals surface area contributed by atoms with Gasteiger partial charge in [0.15, 0.2) is 23.8 Å². The predicted octanol–water partition coefficient (Wildman–Crippen LogP) is -0.386. The van der Waals surface area contributed by atoms with Crippen molar-refractivity contribution in [3.8, 4) is 0 Å². The molecule has 3 amide bonds. The molecular formula is C27H38N8O7. The third-order valence-corrected chi connectivity index (χ3v) is 8.65. The second-order valence-corrected chi connectivity index (χ2v) is 11.7. The molecule has 6 rings (SSSR count). The second-order valence-electron chi connectivity index (χ2n) is 11.7. The predicted molar refractivity (Wildman–Crippen MR) is 147 cm³/mol. The Morgan fingerprint density at radius 3 is 2.64 bits per heavy atom. The molecule has 15 nitrogen and oxygen atoms in total. The number of rotatable bonds is 9. The van der Waals surface area contributed by atoms with Gasteiger partial charge in [-0.05, 0) is 50.9 Å². The molecule has 5 atom stereocenters. The van der Waals surface area contributed by atoms with E-state index in [0.717, 1.165) is 38.5 Å². The number of likely N-dealkylation sites (tertiary alicyclic amines) is 1. The molecule has 1 aliphatic carbocycles. The van der Waals surface area contributed by atoms with Crippen LogP contribution in [-0.4, -0.2) is 103 Å².